The van der Waals surface area contributed by atoms with Crippen molar-refractivity contribution in [3.8, 4) is 0 Å². The van der Waals surface area contributed by atoms with Crippen molar-refractivity contribution in [1.82, 2.24) is 0 Å². The van der Waals surface area contributed by atoms with Crippen LogP contribution in [0.1, 0.15) is 63.5 Å². The van der Waals surface area contributed by atoms with Crippen LogP contribution in [-0.2, 0) is 11.2 Å². The van der Waals surface area contributed by atoms with Crippen molar-refractivity contribution in [2.75, 3.05) is 0 Å². The highest BCUT2D eigenvalue weighted by molar-refractivity contribution is 5.90. The molecule has 0 radical (unpaired) electrons. The Morgan fingerprint density at radius 3 is 2.55 bits per heavy atom. The average molecular weight is 273 g/mol. The highest BCUT2D eigenvalue weighted by atomic mass is 16.1. The fourth-order valence-corrected chi connectivity index (χ4v) is 3.23. The van der Waals surface area contributed by atoms with E-state index in [0.717, 1.165) is 24.8 Å². The minimum Gasteiger partial charge on any atom is -0.319 e. The van der Waals surface area contributed by atoms with E-state index in [0.29, 0.717) is 18.3 Å². The van der Waals surface area contributed by atoms with E-state index in [1.165, 1.54) is 12.0 Å². The molecular weight excluding hydrogens is 246 g/mol. The quantitative estimate of drug-likeness (QED) is 0.906. The molecule has 0 aromatic heterocycles. The number of carbonyl (C=O) groups is 1. The number of benzene rings is 1. The molecule has 2 atom stereocenters. The lowest BCUT2D eigenvalue weighted by molar-refractivity contribution is -0.125. The maximum absolute atomic E-state index is 12.5. The van der Waals surface area contributed by atoms with Crippen LogP contribution < -0.4 is 5.73 Å². The number of nitrogens with two attached hydrogens (primary N) is 1. The molecule has 2 nitrogen and oxygen atoms in total. The van der Waals surface area contributed by atoms with E-state index >= 15 is 0 Å². The van der Waals surface area contributed by atoms with Crippen LogP contribution in [0.3, 0.4) is 0 Å². The Hall–Kier alpha value is -1.15. The third kappa shape index (κ3) is 3.49. The predicted molar refractivity (Wildman–Crippen MR) is 83.8 cm³/mol. The Labute approximate surface area is 122 Å². The fourth-order valence-electron chi connectivity index (χ4n) is 3.23. The second-order valence-electron chi connectivity index (χ2n) is 6.85. The van der Waals surface area contributed by atoms with Gasteiger partial charge in [0.2, 0.25) is 0 Å². The van der Waals surface area contributed by atoms with E-state index in [-0.39, 0.29) is 5.78 Å². The van der Waals surface area contributed by atoms with Crippen LogP contribution in [-0.4, -0.2) is 11.3 Å². The van der Waals surface area contributed by atoms with Gasteiger partial charge in [-0.25, -0.2) is 0 Å². The zero-order chi connectivity index (χ0) is 14.8. The zero-order valence-corrected chi connectivity index (χ0v) is 13.0. The largest absolute Gasteiger partial charge is 0.319 e. The molecule has 2 unspecified atom stereocenters. The van der Waals surface area contributed by atoms with Gasteiger partial charge in [-0.2, -0.15) is 0 Å². The monoisotopic (exact) mass is 273 g/mol. The van der Waals surface area contributed by atoms with Crippen LogP contribution in [0.25, 0.3) is 0 Å². The lowest BCUT2D eigenvalue weighted by atomic mass is 9.73. The molecule has 110 valence electrons. The Bertz CT molecular complexity index is 463. The van der Waals surface area contributed by atoms with E-state index in [1.54, 1.807) is 0 Å². The molecular formula is C18H27NO. The molecule has 1 aliphatic carbocycles. The second kappa shape index (κ2) is 6.09. The first-order valence-corrected chi connectivity index (χ1v) is 7.82. The highest BCUT2D eigenvalue weighted by Crippen LogP contribution is 2.31. The van der Waals surface area contributed by atoms with Gasteiger partial charge >= 0.3 is 0 Å². The predicted octanol–water partition coefficient (Wildman–Crippen LogP) is 3.83. The van der Waals surface area contributed by atoms with Crippen LogP contribution in [0.15, 0.2) is 24.3 Å². The molecule has 0 bridgehead atoms. The van der Waals surface area contributed by atoms with Crippen molar-refractivity contribution >= 4 is 5.78 Å². The summed E-state index contributed by atoms with van der Waals surface area (Å²) < 4.78 is 0. The summed E-state index contributed by atoms with van der Waals surface area (Å²) in [7, 11) is 0. The summed E-state index contributed by atoms with van der Waals surface area (Å²) in [5.74, 6) is 1.31. The van der Waals surface area contributed by atoms with Crippen LogP contribution in [0.4, 0.5) is 0 Å². The highest BCUT2D eigenvalue weighted by Gasteiger charge is 2.37. The van der Waals surface area contributed by atoms with Crippen molar-refractivity contribution in [2.45, 2.75) is 64.3 Å². The average Bonchev–Trinajstić information content (AvgIpc) is 2.39. The van der Waals surface area contributed by atoms with E-state index in [9.17, 15) is 4.79 Å². The smallest absolute Gasteiger partial charge is 0.157 e. The summed E-state index contributed by atoms with van der Waals surface area (Å²) >= 11 is 0. The number of hydrogen-bond donors (Lipinski definition) is 1. The number of ketones is 1. The van der Waals surface area contributed by atoms with E-state index in [4.69, 9.17) is 5.73 Å². The van der Waals surface area contributed by atoms with Gasteiger partial charge in [-0.3, -0.25) is 4.79 Å². The first kappa shape index (κ1) is 15.2. The van der Waals surface area contributed by atoms with E-state index in [2.05, 4.69) is 45.0 Å². The summed E-state index contributed by atoms with van der Waals surface area (Å²) in [5, 5.41) is 0. The molecule has 1 aromatic rings. The van der Waals surface area contributed by atoms with Gasteiger partial charge in [0.25, 0.3) is 0 Å². The maximum atomic E-state index is 12.5. The SMILES string of the molecule is CC1CCCC(N)(C(=O)Cc2ccc(C(C)C)cc2)C1. The molecule has 1 aromatic carbocycles. The normalized spacial score (nSPS) is 26.8. The Kier molecular flexibility index (Phi) is 4.64. The molecule has 2 rings (SSSR count). The van der Waals surface area contributed by atoms with Crippen LogP contribution in [0.2, 0.25) is 0 Å². The van der Waals surface area contributed by atoms with Crippen molar-refractivity contribution in [3.05, 3.63) is 35.4 Å². The summed E-state index contributed by atoms with van der Waals surface area (Å²) in [6.07, 6.45) is 4.45. The van der Waals surface area contributed by atoms with Crippen molar-refractivity contribution < 1.29 is 4.79 Å². The molecule has 1 saturated carbocycles. The summed E-state index contributed by atoms with van der Waals surface area (Å²) in [6, 6.07) is 8.39. The zero-order valence-electron chi connectivity index (χ0n) is 13.0. The fraction of sp³-hybridized carbons (Fsp3) is 0.611. The van der Waals surface area contributed by atoms with Gasteiger partial charge in [0, 0.05) is 6.42 Å². The molecule has 2 N–H and O–H groups in total. The van der Waals surface area contributed by atoms with Crippen molar-refractivity contribution in [2.24, 2.45) is 11.7 Å². The molecule has 20 heavy (non-hydrogen) atoms. The Morgan fingerprint density at radius 2 is 2.00 bits per heavy atom. The van der Waals surface area contributed by atoms with Crippen molar-refractivity contribution in [1.29, 1.82) is 0 Å². The first-order valence-electron chi connectivity index (χ1n) is 7.82. The van der Waals surface area contributed by atoms with Crippen LogP contribution >= 0.6 is 0 Å². The maximum Gasteiger partial charge on any atom is 0.157 e. The van der Waals surface area contributed by atoms with Crippen LogP contribution in [0, 0.1) is 5.92 Å². The van der Waals surface area contributed by atoms with Gasteiger partial charge in [0.05, 0.1) is 5.54 Å². The lowest BCUT2D eigenvalue weighted by Gasteiger charge is -2.35. The minimum absolute atomic E-state index is 0.210. The second-order valence-corrected chi connectivity index (χ2v) is 6.85. The van der Waals surface area contributed by atoms with Gasteiger partial charge in [-0.05, 0) is 35.8 Å². The Morgan fingerprint density at radius 1 is 1.35 bits per heavy atom. The van der Waals surface area contributed by atoms with Gasteiger partial charge in [-0.15, -0.1) is 0 Å². The molecule has 0 aliphatic heterocycles. The number of hydrogen-bond acceptors (Lipinski definition) is 2. The number of carbonyl (C=O) groups excluding carboxylic acids is 1. The van der Waals surface area contributed by atoms with Gasteiger partial charge in [0.1, 0.15) is 0 Å². The summed E-state index contributed by atoms with van der Waals surface area (Å²) in [5.41, 5.74) is 8.18. The number of rotatable bonds is 4. The molecule has 0 amide bonds. The summed E-state index contributed by atoms with van der Waals surface area (Å²) in [6.45, 7) is 6.56. The number of Topliss-reactive ketones (excluding diaryl/α,β-unsaturated/α-hetero) is 1. The molecule has 0 spiro atoms. The minimum atomic E-state index is -0.589. The van der Waals surface area contributed by atoms with E-state index < -0.39 is 5.54 Å². The van der Waals surface area contributed by atoms with Crippen LogP contribution in [0.5, 0.6) is 0 Å². The topological polar surface area (TPSA) is 43.1 Å². The van der Waals surface area contributed by atoms with Gasteiger partial charge in [0.15, 0.2) is 5.78 Å². The van der Waals surface area contributed by atoms with Gasteiger partial charge < -0.3 is 5.73 Å². The van der Waals surface area contributed by atoms with Gasteiger partial charge in [-0.1, -0.05) is 57.9 Å². The molecule has 1 fully saturated rings. The lowest BCUT2D eigenvalue weighted by Crippen LogP contribution is -2.51. The molecule has 0 saturated heterocycles. The summed E-state index contributed by atoms with van der Waals surface area (Å²) in [4.78, 5) is 12.5. The Balaban J connectivity index is 2.03. The first-order chi connectivity index (χ1) is 9.40. The van der Waals surface area contributed by atoms with E-state index in [1.807, 2.05) is 0 Å². The molecule has 0 heterocycles. The van der Waals surface area contributed by atoms with Crippen molar-refractivity contribution in [3.63, 3.8) is 0 Å². The third-order valence-corrected chi connectivity index (χ3v) is 4.60. The molecule has 1 aliphatic rings. The third-order valence-electron chi connectivity index (χ3n) is 4.60. The standard InChI is InChI=1S/C18H27NO/c1-13(2)16-8-6-15(7-9-16)11-17(20)18(19)10-4-5-14(3)12-18/h6-9,13-14H,4-5,10-12,19H2,1-3H3. The molecule has 2 heteroatoms.